The van der Waals surface area contributed by atoms with Crippen molar-refractivity contribution in [3.05, 3.63) is 52.0 Å². The van der Waals surface area contributed by atoms with E-state index >= 15 is 0 Å². The third kappa shape index (κ3) is 5.35. The van der Waals surface area contributed by atoms with Crippen LogP contribution in [0.3, 0.4) is 0 Å². The van der Waals surface area contributed by atoms with E-state index in [-0.39, 0.29) is 25.5 Å². The summed E-state index contributed by atoms with van der Waals surface area (Å²) < 4.78 is 5.07. The average Bonchev–Trinajstić information content (AvgIpc) is 2.89. The fourth-order valence-electron chi connectivity index (χ4n) is 1.68. The number of thiazole rings is 1. The minimum absolute atomic E-state index is 0.130. The van der Waals surface area contributed by atoms with E-state index < -0.39 is 5.97 Å². The number of hydrogen-bond acceptors (Lipinski definition) is 5. The Balaban J connectivity index is 1.67. The molecule has 21 heavy (non-hydrogen) atoms. The quantitative estimate of drug-likeness (QED) is 0.827. The number of carbonyl (C=O) groups is 2. The fraction of sp³-hybridized carbons (Fsp3) is 0.267. The van der Waals surface area contributed by atoms with Crippen LogP contribution in [0, 0.1) is 6.92 Å². The topological polar surface area (TPSA) is 68.3 Å². The lowest BCUT2D eigenvalue weighted by Gasteiger charge is -2.06. The van der Waals surface area contributed by atoms with Gasteiger partial charge in [-0.1, -0.05) is 30.3 Å². The molecule has 0 bridgehead atoms. The Hall–Kier alpha value is -2.21. The second-order valence-corrected chi connectivity index (χ2v) is 5.52. The summed E-state index contributed by atoms with van der Waals surface area (Å²) in [6.07, 6.45) is 0.177. The number of nitrogens with one attached hydrogen (secondary N) is 1. The highest BCUT2D eigenvalue weighted by atomic mass is 32.1. The zero-order valence-electron chi connectivity index (χ0n) is 11.7. The maximum atomic E-state index is 11.6. The Bertz CT molecular complexity index is 610. The van der Waals surface area contributed by atoms with Gasteiger partial charge in [-0.3, -0.25) is 9.59 Å². The average molecular weight is 304 g/mol. The molecule has 0 unspecified atom stereocenters. The summed E-state index contributed by atoms with van der Waals surface area (Å²) in [4.78, 5) is 27.4. The summed E-state index contributed by atoms with van der Waals surface area (Å²) in [5.74, 6) is -0.696. The van der Waals surface area contributed by atoms with Gasteiger partial charge < -0.3 is 10.1 Å². The molecular weight excluding hydrogens is 288 g/mol. The smallest absolute Gasteiger partial charge is 0.325 e. The van der Waals surface area contributed by atoms with Crippen LogP contribution in [0.1, 0.15) is 16.3 Å². The molecule has 0 fully saturated rings. The maximum Gasteiger partial charge on any atom is 0.325 e. The summed E-state index contributed by atoms with van der Waals surface area (Å²) in [7, 11) is 0. The van der Waals surface area contributed by atoms with Crippen LogP contribution in [-0.4, -0.2) is 23.4 Å². The summed E-state index contributed by atoms with van der Waals surface area (Å²) in [6, 6.07) is 9.39. The maximum absolute atomic E-state index is 11.6. The Morgan fingerprint density at radius 3 is 2.71 bits per heavy atom. The van der Waals surface area contributed by atoms with Crippen molar-refractivity contribution in [2.45, 2.75) is 20.0 Å². The van der Waals surface area contributed by atoms with Crippen LogP contribution in [0.5, 0.6) is 0 Å². The van der Waals surface area contributed by atoms with E-state index in [1.807, 2.05) is 42.6 Å². The highest BCUT2D eigenvalue weighted by Gasteiger charge is 2.09. The molecule has 0 spiro atoms. The number of amides is 1. The van der Waals surface area contributed by atoms with Crippen LogP contribution < -0.4 is 5.32 Å². The van der Waals surface area contributed by atoms with Gasteiger partial charge in [0.2, 0.25) is 5.91 Å². The van der Waals surface area contributed by atoms with Gasteiger partial charge in [-0.2, -0.15) is 0 Å². The monoisotopic (exact) mass is 304 g/mol. The molecule has 6 heteroatoms. The van der Waals surface area contributed by atoms with Gasteiger partial charge in [0.05, 0.1) is 17.1 Å². The van der Waals surface area contributed by atoms with Gasteiger partial charge in [-0.05, 0) is 12.5 Å². The largest absolute Gasteiger partial charge is 0.460 e. The zero-order valence-corrected chi connectivity index (χ0v) is 12.5. The highest BCUT2D eigenvalue weighted by Crippen LogP contribution is 2.08. The summed E-state index contributed by atoms with van der Waals surface area (Å²) >= 11 is 1.49. The minimum atomic E-state index is -0.457. The van der Waals surface area contributed by atoms with Crippen LogP contribution in [0.4, 0.5) is 0 Å². The number of carbonyl (C=O) groups excluding carboxylic acids is 2. The van der Waals surface area contributed by atoms with Gasteiger partial charge in [-0.25, -0.2) is 4.98 Å². The number of aryl methyl sites for hydroxylation is 1. The van der Waals surface area contributed by atoms with E-state index in [0.717, 1.165) is 10.6 Å². The number of hydrogen-bond donors (Lipinski definition) is 1. The Labute approximate surface area is 127 Å². The molecule has 0 aliphatic heterocycles. The predicted molar refractivity (Wildman–Crippen MR) is 79.8 cm³/mol. The second-order valence-electron chi connectivity index (χ2n) is 4.46. The van der Waals surface area contributed by atoms with Crippen LogP contribution in [0.25, 0.3) is 0 Å². The molecule has 0 aliphatic rings. The van der Waals surface area contributed by atoms with Crippen molar-refractivity contribution in [1.29, 1.82) is 0 Å². The fourth-order valence-corrected chi connectivity index (χ4v) is 2.29. The van der Waals surface area contributed by atoms with Gasteiger partial charge in [0, 0.05) is 5.38 Å². The predicted octanol–water partition coefficient (Wildman–Crippen LogP) is 1.85. The molecule has 0 saturated heterocycles. The van der Waals surface area contributed by atoms with Gasteiger partial charge in [-0.15, -0.1) is 11.3 Å². The van der Waals surface area contributed by atoms with Crippen LogP contribution in [0.15, 0.2) is 35.7 Å². The molecule has 1 aromatic heterocycles. The number of esters is 1. The second kappa shape index (κ2) is 7.54. The van der Waals surface area contributed by atoms with Crippen molar-refractivity contribution in [3.8, 4) is 0 Å². The summed E-state index contributed by atoms with van der Waals surface area (Å²) in [5.41, 5.74) is 1.63. The first-order valence-corrected chi connectivity index (χ1v) is 7.38. The number of ether oxygens (including phenoxy) is 1. The van der Waals surface area contributed by atoms with Crippen LogP contribution >= 0.6 is 11.3 Å². The molecule has 1 amide bonds. The third-order valence-electron chi connectivity index (χ3n) is 2.68. The summed E-state index contributed by atoms with van der Waals surface area (Å²) in [6.45, 7) is 1.96. The van der Waals surface area contributed by atoms with E-state index in [2.05, 4.69) is 10.3 Å². The van der Waals surface area contributed by atoms with Crippen molar-refractivity contribution in [3.63, 3.8) is 0 Å². The first-order valence-electron chi connectivity index (χ1n) is 6.51. The number of nitrogens with zero attached hydrogens (tertiary/aromatic N) is 1. The molecule has 1 N–H and O–H groups in total. The van der Waals surface area contributed by atoms with E-state index in [9.17, 15) is 9.59 Å². The minimum Gasteiger partial charge on any atom is -0.460 e. The molecule has 1 heterocycles. The normalized spacial score (nSPS) is 10.1. The van der Waals surface area contributed by atoms with Crippen molar-refractivity contribution in [2.24, 2.45) is 0 Å². The van der Waals surface area contributed by atoms with Crippen molar-refractivity contribution in [1.82, 2.24) is 10.3 Å². The molecule has 110 valence electrons. The lowest BCUT2D eigenvalue weighted by atomic mass is 10.2. The number of aromatic nitrogens is 1. The molecule has 1 aromatic carbocycles. The lowest BCUT2D eigenvalue weighted by molar-refractivity contribution is -0.145. The van der Waals surface area contributed by atoms with Gasteiger partial charge in [0.25, 0.3) is 0 Å². The molecule has 0 saturated carbocycles. The molecule has 0 radical (unpaired) electrons. The van der Waals surface area contributed by atoms with E-state index in [0.29, 0.717) is 5.69 Å². The molecule has 0 atom stereocenters. The van der Waals surface area contributed by atoms with Crippen molar-refractivity contribution in [2.75, 3.05) is 6.54 Å². The standard InChI is InChI=1S/C15H16N2O3S/c1-11-17-13(10-21-11)7-14(18)16-8-15(19)20-9-12-5-3-2-4-6-12/h2-6,10H,7-9H2,1H3,(H,16,18). The van der Waals surface area contributed by atoms with Crippen LogP contribution in [-0.2, 0) is 27.4 Å². The first-order chi connectivity index (χ1) is 10.1. The Morgan fingerprint density at radius 1 is 1.29 bits per heavy atom. The molecule has 2 aromatic rings. The molecule has 0 aliphatic carbocycles. The van der Waals surface area contributed by atoms with E-state index in [1.165, 1.54) is 11.3 Å². The Kier molecular flexibility index (Phi) is 5.45. The van der Waals surface area contributed by atoms with Gasteiger partial charge in [0.1, 0.15) is 13.2 Å². The molecule has 5 nitrogen and oxygen atoms in total. The lowest BCUT2D eigenvalue weighted by Crippen LogP contribution is -2.31. The van der Waals surface area contributed by atoms with Gasteiger partial charge >= 0.3 is 5.97 Å². The highest BCUT2D eigenvalue weighted by molar-refractivity contribution is 7.09. The molecular formula is C15H16N2O3S. The number of benzene rings is 1. The first kappa shape index (κ1) is 15.2. The van der Waals surface area contributed by atoms with E-state index in [4.69, 9.17) is 4.74 Å². The van der Waals surface area contributed by atoms with Gasteiger partial charge in [0.15, 0.2) is 0 Å². The Morgan fingerprint density at radius 2 is 2.05 bits per heavy atom. The molecule has 2 rings (SSSR count). The zero-order chi connectivity index (χ0) is 15.1. The number of rotatable bonds is 6. The summed E-state index contributed by atoms with van der Waals surface area (Å²) in [5, 5.41) is 5.28. The third-order valence-corrected chi connectivity index (χ3v) is 3.50. The van der Waals surface area contributed by atoms with Crippen LogP contribution in [0.2, 0.25) is 0 Å². The van der Waals surface area contributed by atoms with Crippen molar-refractivity contribution < 1.29 is 14.3 Å². The van der Waals surface area contributed by atoms with E-state index in [1.54, 1.807) is 0 Å². The SMILES string of the molecule is Cc1nc(CC(=O)NCC(=O)OCc2ccccc2)cs1. The van der Waals surface area contributed by atoms with Crippen molar-refractivity contribution >= 4 is 23.2 Å².